The van der Waals surface area contributed by atoms with Crippen LogP contribution in [0.3, 0.4) is 0 Å². The Balaban J connectivity index is 1.60. The quantitative estimate of drug-likeness (QED) is 0.691. The molecule has 1 aromatic carbocycles. The standard InChI is InChI=1S/C21H31N5O4/c1-5-30-11-10-24-19(27)17-18(23(3)21(24)28)22-20-25(12-14(2)13-26(17)20)15-6-8-16(29-4)9-7-15/h6-9,14,17-18,20,22H,5,10-13H2,1-4H3. The van der Waals surface area contributed by atoms with E-state index in [1.54, 1.807) is 19.1 Å². The maximum atomic E-state index is 13.4. The molecule has 9 heteroatoms. The van der Waals surface area contributed by atoms with Crippen molar-refractivity contribution in [2.24, 2.45) is 5.92 Å². The lowest BCUT2D eigenvalue weighted by Crippen LogP contribution is -2.67. The minimum absolute atomic E-state index is 0.151. The van der Waals surface area contributed by atoms with Gasteiger partial charge in [-0.25, -0.2) is 4.79 Å². The van der Waals surface area contributed by atoms with Gasteiger partial charge in [0.15, 0.2) is 0 Å². The Morgan fingerprint density at radius 2 is 1.90 bits per heavy atom. The molecule has 1 N–H and O–H groups in total. The number of ether oxygens (including phenoxy) is 2. The summed E-state index contributed by atoms with van der Waals surface area (Å²) >= 11 is 0. The SMILES string of the molecule is CCOCCN1C(=O)C2C(NC3N(c4ccc(OC)cc4)CC(C)CN23)N(C)C1=O. The van der Waals surface area contributed by atoms with Gasteiger partial charge in [0.25, 0.3) is 5.91 Å². The van der Waals surface area contributed by atoms with Crippen molar-refractivity contribution in [3.63, 3.8) is 0 Å². The summed E-state index contributed by atoms with van der Waals surface area (Å²) in [5.74, 6) is 1.03. The lowest BCUT2D eigenvalue weighted by molar-refractivity contribution is -0.139. The molecule has 3 fully saturated rings. The highest BCUT2D eigenvalue weighted by Crippen LogP contribution is 2.34. The summed E-state index contributed by atoms with van der Waals surface area (Å²) in [5, 5.41) is 3.54. The second kappa shape index (κ2) is 8.41. The molecule has 0 spiro atoms. The number of rotatable bonds is 6. The Morgan fingerprint density at radius 3 is 2.57 bits per heavy atom. The summed E-state index contributed by atoms with van der Waals surface area (Å²) in [6.07, 6.45) is -0.514. The maximum absolute atomic E-state index is 13.4. The number of methoxy groups -OCH3 is 1. The van der Waals surface area contributed by atoms with Gasteiger partial charge in [0, 0.05) is 32.4 Å². The average molecular weight is 418 g/mol. The number of nitrogens with zero attached hydrogens (tertiary/aromatic N) is 4. The van der Waals surface area contributed by atoms with E-state index in [9.17, 15) is 9.59 Å². The summed E-state index contributed by atoms with van der Waals surface area (Å²) in [7, 11) is 3.41. The van der Waals surface area contributed by atoms with Gasteiger partial charge in [-0.05, 0) is 37.1 Å². The highest BCUT2D eigenvalue weighted by atomic mass is 16.5. The van der Waals surface area contributed by atoms with Crippen LogP contribution in [0.1, 0.15) is 13.8 Å². The van der Waals surface area contributed by atoms with E-state index < -0.39 is 6.04 Å². The third kappa shape index (κ3) is 3.51. The first-order chi connectivity index (χ1) is 14.5. The van der Waals surface area contributed by atoms with Crippen LogP contribution in [-0.2, 0) is 9.53 Å². The number of hydrogen-bond donors (Lipinski definition) is 1. The molecule has 3 aliphatic heterocycles. The van der Waals surface area contributed by atoms with Crippen LogP contribution in [0.25, 0.3) is 0 Å². The molecule has 4 atom stereocenters. The van der Waals surface area contributed by atoms with Crippen molar-refractivity contribution in [1.82, 2.24) is 20.0 Å². The van der Waals surface area contributed by atoms with Crippen LogP contribution in [0.4, 0.5) is 10.5 Å². The number of anilines is 1. The summed E-state index contributed by atoms with van der Waals surface area (Å²) in [6, 6.07) is 7.25. The average Bonchev–Trinajstić information content (AvgIpc) is 3.13. The Bertz CT molecular complexity index is 788. The van der Waals surface area contributed by atoms with Gasteiger partial charge < -0.3 is 19.3 Å². The number of amides is 3. The lowest BCUT2D eigenvalue weighted by atomic mass is 10.0. The molecule has 4 rings (SSSR count). The van der Waals surface area contributed by atoms with Crippen molar-refractivity contribution in [2.75, 3.05) is 51.9 Å². The number of carbonyl (C=O) groups is 2. The van der Waals surface area contributed by atoms with Gasteiger partial charge in [0.2, 0.25) is 0 Å². The number of carbonyl (C=O) groups excluding carboxylic acids is 2. The molecule has 3 amide bonds. The minimum Gasteiger partial charge on any atom is -0.497 e. The van der Waals surface area contributed by atoms with E-state index in [2.05, 4.69) is 22.0 Å². The molecule has 0 aliphatic carbocycles. The molecular weight excluding hydrogens is 386 g/mol. The Kier molecular flexibility index (Phi) is 5.86. The number of benzene rings is 1. The first-order valence-corrected chi connectivity index (χ1v) is 10.5. The first kappa shape index (κ1) is 20.9. The van der Waals surface area contributed by atoms with Gasteiger partial charge in [-0.1, -0.05) is 6.92 Å². The molecule has 0 bridgehead atoms. The van der Waals surface area contributed by atoms with Crippen molar-refractivity contribution in [3.05, 3.63) is 24.3 Å². The van der Waals surface area contributed by atoms with Crippen LogP contribution in [0.2, 0.25) is 0 Å². The van der Waals surface area contributed by atoms with Crippen molar-refractivity contribution in [3.8, 4) is 5.75 Å². The summed E-state index contributed by atoms with van der Waals surface area (Å²) in [6.45, 7) is 6.92. The number of likely N-dealkylation sites (N-methyl/N-ethyl adjacent to an activating group) is 1. The second-order valence-electron chi connectivity index (χ2n) is 8.16. The monoisotopic (exact) mass is 417 g/mol. The van der Waals surface area contributed by atoms with E-state index in [-0.39, 0.29) is 30.9 Å². The molecule has 3 aliphatic rings. The lowest BCUT2D eigenvalue weighted by Gasteiger charge is -2.46. The number of nitrogens with one attached hydrogen (secondary N) is 1. The van der Waals surface area contributed by atoms with E-state index >= 15 is 0 Å². The van der Waals surface area contributed by atoms with Gasteiger partial charge in [0.1, 0.15) is 24.2 Å². The van der Waals surface area contributed by atoms with E-state index in [0.29, 0.717) is 19.1 Å². The van der Waals surface area contributed by atoms with Crippen LogP contribution in [0.15, 0.2) is 24.3 Å². The Morgan fingerprint density at radius 1 is 1.17 bits per heavy atom. The molecule has 3 saturated heterocycles. The highest BCUT2D eigenvalue weighted by Gasteiger charge is 2.56. The number of hydrogen-bond acceptors (Lipinski definition) is 7. The number of fused-ring (bicyclic) bond motifs is 3. The predicted molar refractivity (Wildman–Crippen MR) is 112 cm³/mol. The molecule has 0 radical (unpaired) electrons. The van der Waals surface area contributed by atoms with Crippen LogP contribution >= 0.6 is 0 Å². The summed E-state index contributed by atoms with van der Waals surface area (Å²) in [4.78, 5) is 33.6. The molecular formula is C21H31N5O4. The van der Waals surface area contributed by atoms with Gasteiger partial charge in [-0.3, -0.25) is 19.9 Å². The fraction of sp³-hybridized carbons (Fsp3) is 0.619. The largest absolute Gasteiger partial charge is 0.497 e. The number of imide groups is 1. The molecule has 1 aromatic rings. The second-order valence-corrected chi connectivity index (χ2v) is 8.16. The van der Waals surface area contributed by atoms with Gasteiger partial charge in [0.05, 0.1) is 20.3 Å². The smallest absolute Gasteiger partial charge is 0.327 e. The summed E-state index contributed by atoms with van der Waals surface area (Å²) in [5.41, 5.74) is 1.05. The Hall–Kier alpha value is -2.36. The third-order valence-electron chi connectivity index (χ3n) is 6.15. The van der Waals surface area contributed by atoms with E-state index in [4.69, 9.17) is 9.47 Å². The van der Waals surface area contributed by atoms with E-state index in [1.165, 1.54) is 4.90 Å². The zero-order valence-electron chi connectivity index (χ0n) is 18.1. The van der Waals surface area contributed by atoms with Crippen LogP contribution < -0.4 is 15.0 Å². The normalized spacial score (nSPS) is 29.3. The third-order valence-corrected chi connectivity index (χ3v) is 6.15. The van der Waals surface area contributed by atoms with Crippen molar-refractivity contribution in [2.45, 2.75) is 32.3 Å². The molecule has 0 saturated carbocycles. The zero-order chi connectivity index (χ0) is 21.4. The van der Waals surface area contributed by atoms with E-state index in [0.717, 1.165) is 24.5 Å². The maximum Gasteiger partial charge on any atom is 0.327 e. The summed E-state index contributed by atoms with van der Waals surface area (Å²) < 4.78 is 10.7. The molecule has 164 valence electrons. The fourth-order valence-electron chi connectivity index (χ4n) is 4.70. The van der Waals surface area contributed by atoms with Crippen molar-refractivity contribution in [1.29, 1.82) is 0 Å². The first-order valence-electron chi connectivity index (χ1n) is 10.5. The van der Waals surface area contributed by atoms with Crippen molar-refractivity contribution < 1.29 is 19.1 Å². The predicted octanol–water partition coefficient (Wildman–Crippen LogP) is 0.965. The van der Waals surface area contributed by atoms with Crippen molar-refractivity contribution >= 4 is 17.6 Å². The van der Waals surface area contributed by atoms with Gasteiger partial charge in [-0.2, -0.15) is 0 Å². The molecule has 4 unspecified atom stereocenters. The Labute approximate surface area is 177 Å². The highest BCUT2D eigenvalue weighted by molar-refractivity contribution is 6.00. The fourth-order valence-corrected chi connectivity index (χ4v) is 4.70. The molecule has 30 heavy (non-hydrogen) atoms. The van der Waals surface area contributed by atoms with Crippen LogP contribution in [-0.4, -0.2) is 92.1 Å². The van der Waals surface area contributed by atoms with Gasteiger partial charge >= 0.3 is 6.03 Å². The topological polar surface area (TPSA) is 77.6 Å². The molecule has 9 nitrogen and oxygen atoms in total. The molecule has 3 heterocycles. The van der Waals surface area contributed by atoms with Crippen LogP contribution in [0.5, 0.6) is 5.75 Å². The molecule has 0 aromatic heterocycles. The minimum atomic E-state index is -0.414. The van der Waals surface area contributed by atoms with Crippen LogP contribution in [0, 0.1) is 5.92 Å². The number of urea groups is 1. The van der Waals surface area contributed by atoms with Gasteiger partial charge in [-0.15, -0.1) is 0 Å². The van der Waals surface area contributed by atoms with E-state index in [1.807, 2.05) is 31.2 Å². The zero-order valence-corrected chi connectivity index (χ0v) is 18.1.